The average Bonchev–Trinajstić information content (AvgIpc) is 3.00. The van der Waals surface area contributed by atoms with Gasteiger partial charge in [-0.3, -0.25) is 4.79 Å². The zero-order valence-electron chi connectivity index (χ0n) is 12.1. The SMILES string of the molecule is CCOC(=O)c1ccnc(NCC(=O)N2CCCC2)c1N. The van der Waals surface area contributed by atoms with E-state index >= 15 is 0 Å². The van der Waals surface area contributed by atoms with Crippen LogP contribution in [0.2, 0.25) is 0 Å². The number of carbonyl (C=O) groups is 2. The first-order valence-electron chi connectivity index (χ1n) is 7.06. The molecule has 21 heavy (non-hydrogen) atoms. The molecule has 3 N–H and O–H groups in total. The summed E-state index contributed by atoms with van der Waals surface area (Å²) < 4.78 is 4.92. The lowest BCUT2D eigenvalue weighted by Gasteiger charge is -2.16. The highest BCUT2D eigenvalue weighted by Gasteiger charge is 2.19. The van der Waals surface area contributed by atoms with Crippen LogP contribution in [0.4, 0.5) is 11.5 Å². The Balaban J connectivity index is 2.01. The van der Waals surface area contributed by atoms with Gasteiger partial charge in [-0.15, -0.1) is 0 Å². The van der Waals surface area contributed by atoms with Crippen LogP contribution in [0.3, 0.4) is 0 Å². The van der Waals surface area contributed by atoms with Gasteiger partial charge in [0.15, 0.2) is 0 Å². The predicted molar refractivity (Wildman–Crippen MR) is 78.9 cm³/mol. The van der Waals surface area contributed by atoms with E-state index in [1.807, 2.05) is 0 Å². The minimum atomic E-state index is -0.494. The van der Waals surface area contributed by atoms with Crippen LogP contribution in [0.5, 0.6) is 0 Å². The second-order valence-corrected chi connectivity index (χ2v) is 4.78. The largest absolute Gasteiger partial charge is 0.462 e. The number of hydrogen-bond acceptors (Lipinski definition) is 6. The predicted octanol–water partition coefficient (Wildman–Crippen LogP) is 0.875. The van der Waals surface area contributed by atoms with Gasteiger partial charge in [0.2, 0.25) is 5.91 Å². The Kier molecular flexibility index (Phi) is 4.97. The molecule has 0 aliphatic carbocycles. The maximum Gasteiger partial charge on any atom is 0.340 e. The van der Waals surface area contributed by atoms with Crippen molar-refractivity contribution in [2.75, 3.05) is 37.3 Å². The number of anilines is 2. The number of carbonyl (C=O) groups excluding carboxylic acids is 2. The Labute approximate surface area is 123 Å². The molecule has 1 aliphatic heterocycles. The first kappa shape index (κ1) is 15.1. The van der Waals surface area contributed by atoms with E-state index < -0.39 is 5.97 Å². The summed E-state index contributed by atoms with van der Waals surface area (Å²) in [5, 5.41) is 2.89. The summed E-state index contributed by atoms with van der Waals surface area (Å²) in [6.45, 7) is 3.71. The fraction of sp³-hybridized carbons (Fsp3) is 0.500. The van der Waals surface area contributed by atoms with Crippen molar-refractivity contribution in [2.24, 2.45) is 0 Å². The number of nitrogen functional groups attached to an aromatic ring is 1. The zero-order chi connectivity index (χ0) is 15.2. The van der Waals surface area contributed by atoms with Gasteiger partial charge < -0.3 is 20.7 Å². The topological polar surface area (TPSA) is 97.5 Å². The van der Waals surface area contributed by atoms with E-state index in [1.165, 1.54) is 12.3 Å². The van der Waals surface area contributed by atoms with Gasteiger partial charge in [0.25, 0.3) is 0 Å². The Bertz CT molecular complexity index is 527. The Hall–Kier alpha value is -2.31. The van der Waals surface area contributed by atoms with Crippen molar-refractivity contribution in [1.29, 1.82) is 0 Å². The van der Waals surface area contributed by atoms with Crippen molar-refractivity contribution in [3.63, 3.8) is 0 Å². The summed E-state index contributed by atoms with van der Waals surface area (Å²) in [6, 6.07) is 1.50. The fourth-order valence-corrected chi connectivity index (χ4v) is 2.24. The quantitative estimate of drug-likeness (QED) is 0.782. The van der Waals surface area contributed by atoms with Gasteiger partial charge in [0.1, 0.15) is 5.82 Å². The molecule has 1 saturated heterocycles. The maximum atomic E-state index is 12.0. The zero-order valence-corrected chi connectivity index (χ0v) is 12.1. The van der Waals surface area contributed by atoms with E-state index in [1.54, 1.807) is 11.8 Å². The number of pyridine rings is 1. The minimum absolute atomic E-state index is 0.00948. The monoisotopic (exact) mass is 292 g/mol. The molecule has 7 heteroatoms. The second-order valence-electron chi connectivity index (χ2n) is 4.78. The second kappa shape index (κ2) is 6.92. The average molecular weight is 292 g/mol. The molecule has 0 unspecified atom stereocenters. The van der Waals surface area contributed by atoms with Gasteiger partial charge in [0.05, 0.1) is 24.4 Å². The molecule has 0 aromatic carbocycles. The highest BCUT2D eigenvalue weighted by atomic mass is 16.5. The highest BCUT2D eigenvalue weighted by molar-refractivity contribution is 5.97. The van der Waals surface area contributed by atoms with Crippen LogP contribution in [0.1, 0.15) is 30.1 Å². The summed E-state index contributed by atoms with van der Waals surface area (Å²) >= 11 is 0. The minimum Gasteiger partial charge on any atom is -0.462 e. The van der Waals surface area contributed by atoms with Gasteiger partial charge in [-0.1, -0.05) is 0 Å². The molecule has 1 aromatic heterocycles. The number of nitrogens with two attached hydrogens (primary N) is 1. The number of ether oxygens (including phenoxy) is 1. The number of aromatic nitrogens is 1. The standard InChI is InChI=1S/C14H20N4O3/c1-2-21-14(20)10-5-6-16-13(12(10)15)17-9-11(19)18-7-3-4-8-18/h5-6H,2-4,7-9,15H2,1H3,(H,16,17). The van der Waals surface area contributed by atoms with Crippen LogP contribution in [0.25, 0.3) is 0 Å². The van der Waals surface area contributed by atoms with Gasteiger partial charge >= 0.3 is 5.97 Å². The van der Waals surface area contributed by atoms with E-state index in [-0.39, 0.29) is 30.3 Å². The third-order valence-corrected chi connectivity index (χ3v) is 3.35. The molecular formula is C14H20N4O3. The molecule has 1 aliphatic rings. The Morgan fingerprint density at radius 1 is 1.43 bits per heavy atom. The number of nitrogens with zero attached hydrogens (tertiary/aromatic N) is 2. The molecule has 114 valence electrons. The third-order valence-electron chi connectivity index (χ3n) is 3.35. The first-order chi connectivity index (χ1) is 10.1. The molecule has 1 amide bonds. The van der Waals surface area contributed by atoms with Crippen molar-refractivity contribution in [3.05, 3.63) is 17.8 Å². The molecule has 0 atom stereocenters. The van der Waals surface area contributed by atoms with E-state index in [2.05, 4.69) is 10.3 Å². The van der Waals surface area contributed by atoms with E-state index in [9.17, 15) is 9.59 Å². The van der Waals surface area contributed by atoms with Crippen molar-refractivity contribution in [1.82, 2.24) is 9.88 Å². The fourth-order valence-electron chi connectivity index (χ4n) is 2.24. The molecule has 2 heterocycles. The van der Waals surface area contributed by atoms with Gasteiger partial charge in [-0.2, -0.15) is 0 Å². The van der Waals surface area contributed by atoms with Gasteiger partial charge in [0, 0.05) is 19.3 Å². The van der Waals surface area contributed by atoms with Crippen molar-refractivity contribution in [2.45, 2.75) is 19.8 Å². The molecule has 0 bridgehead atoms. The van der Waals surface area contributed by atoms with Crippen molar-refractivity contribution >= 4 is 23.4 Å². The number of rotatable bonds is 5. The summed E-state index contributed by atoms with van der Waals surface area (Å²) in [6.07, 6.45) is 3.56. The van der Waals surface area contributed by atoms with E-state index in [0.29, 0.717) is 5.82 Å². The number of nitrogens with one attached hydrogen (secondary N) is 1. The lowest BCUT2D eigenvalue weighted by Crippen LogP contribution is -2.33. The number of likely N-dealkylation sites (tertiary alicyclic amines) is 1. The Morgan fingerprint density at radius 3 is 2.81 bits per heavy atom. The molecule has 2 rings (SSSR count). The van der Waals surface area contributed by atoms with E-state index in [0.717, 1.165) is 25.9 Å². The van der Waals surface area contributed by atoms with Crippen LogP contribution in [-0.4, -0.2) is 48.0 Å². The molecule has 1 aromatic rings. The maximum absolute atomic E-state index is 12.0. The van der Waals surface area contributed by atoms with Crippen LogP contribution < -0.4 is 11.1 Å². The summed E-state index contributed by atoms with van der Waals surface area (Å²) in [4.78, 5) is 29.6. The van der Waals surface area contributed by atoms with Crippen molar-refractivity contribution in [3.8, 4) is 0 Å². The first-order valence-corrected chi connectivity index (χ1v) is 7.06. The highest BCUT2D eigenvalue weighted by Crippen LogP contribution is 2.20. The van der Waals surface area contributed by atoms with Crippen molar-refractivity contribution < 1.29 is 14.3 Å². The molecule has 0 saturated carbocycles. The summed E-state index contributed by atoms with van der Waals surface area (Å²) in [5.74, 6) is -0.158. The molecule has 1 fully saturated rings. The van der Waals surface area contributed by atoms with Gasteiger partial charge in [-0.25, -0.2) is 9.78 Å². The van der Waals surface area contributed by atoms with Crippen LogP contribution in [0, 0.1) is 0 Å². The summed E-state index contributed by atoms with van der Waals surface area (Å²) in [5.41, 5.74) is 6.36. The lowest BCUT2D eigenvalue weighted by atomic mass is 10.2. The van der Waals surface area contributed by atoms with Crippen LogP contribution in [0.15, 0.2) is 12.3 Å². The van der Waals surface area contributed by atoms with E-state index in [4.69, 9.17) is 10.5 Å². The summed E-state index contributed by atoms with van der Waals surface area (Å²) in [7, 11) is 0. The molecule has 0 spiro atoms. The number of esters is 1. The number of amides is 1. The van der Waals surface area contributed by atoms with Crippen LogP contribution >= 0.6 is 0 Å². The van der Waals surface area contributed by atoms with Crippen LogP contribution in [-0.2, 0) is 9.53 Å². The lowest BCUT2D eigenvalue weighted by molar-refractivity contribution is -0.128. The number of hydrogen-bond donors (Lipinski definition) is 2. The third kappa shape index (κ3) is 3.62. The smallest absolute Gasteiger partial charge is 0.340 e. The molecular weight excluding hydrogens is 272 g/mol. The normalized spacial score (nSPS) is 14.0. The molecule has 7 nitrogen and oxygen atoms in total. The Morgan fingerprint density at radius 2 is 2.14 bits per heavy atom. The molecule has 0 radical (unpaired) electrons. The van der Waals surface area contributed by atoms with Gasteiger partial charge in [-0.05, 0) is 25.8 Å².